The predicted octanol–water partition coefficient (Wildman–Crippen LogP) is 1.92. The minimum atomic E-state index is -1.02. The minimum absolute atomic E-state index is 0. The number of guanidine groups is 1. The molecule has 23 heavy (non-hydrogen) atoms. The Balaban J connectivity index is 0.00000264. The first-order valence-corrected chi connectivity index (χ1v) is 7.74. The summed E-state index contributed by atoms with van der Waals surface area (Å²) < 4.78 is 10.9. The van der Waals surface area contributed by atoms with Crippen molar-refractivity contribution >= 4 is 29.9 Å². The number of rotatable bonds is 5. The maximum atomic E-state index is 10.7. The lowest BCUT2D eigenvalue weighted by molar-refractivity contribution is 0.0601. The second-order valence-corrected chi connectivity index (χ2v) is 6.14. The zero-order chi connectivity index (χ0) is 16.2. The van der Waals surface area contributed by atoms with E-state index in [1.165, 1.54) is 0 Å². The molecule has 2 rings (SSSR count). The van der Waals surface area contributed by atoms with Gasteiger partial charge in [-0.15, -0.1) is 24.0 Å². The van der Waals surface area contributed by atoms with Crippen molar-refractivity contribution in [3.63, 3.8) is 0 Å². The molecule has 0 amide bonds. The number of aliphatic hydroxyl groups is 1. The molecule has 0 saturated carbocycles. The molecule has 0 spiro atoms. The SMILES string of the molecule is CN=C(NCC1CCOC1)NCC(C)(O)c1cc(C)oc1C.I. The van der Waals surface area contributed by atoms with E-state index in [4.69, 9.17) is 9.15 Å². The Hall–Kier alpha value is -0.800. The highest BCUT2D eigenvalue weighted by Crippen LogP contribution is 2.26. The van der Waals surface area contributed by atoms with Crippen LogP contribution in [0.2, 0.25) is 0 Å². The van der Waals surface area contributed by atoms with E-state index < -0.39 is 5.60 Å². The van der Waals surface area contributed by atoms with Crippen LogP contribution in [0.15, 0.2) is 15.5 Å². The number of furan rings is 1. The summed E-state index contributed by atoms with van der Waals surface area (Å²) in [6.45, 7) is 8.34. The first-order valence-electron chi connectivity index (χ1n) is 7.74. The highest BCUT2D eigenvalue weighted by molar-refractivity contribution is 14.0. The van der Waals surface area contributed by atoms with Gasteiger partial charge in [0.1, 0.15) is 17.1 Å². The number of halogens is 1. The fraction of sp³-hybridized carbons (Fsp3) is 0.688. The lowest BCUT2D eigenvalue weighted by atomic mass is 9.96. The Morgan fingerprint density at radius 2 is 2.17 bits per heavy atom. The Morgan fingerprint density at radius 3 is 2.70 bits per heavy atom. The lowest BCUT2D eigenvalue weighted by Crippen LogP contribution is -2.45. The van der Waals surface area contributed by atoms with Gasteiger partial charge in [-0.25, -0.2) is 0 Å². The molecule has 2 unspecified atom stereocenters. The summed E-state index contributed by atoms with van der Waals surface area (Å²) in [6, 6.07) is 1.88. The maximum absolute atomic E-state index is 10.7. The second kappa shape index (κ2) is 8.89. The first-order chi connectivity index (χ1) is 10.4. The Kier molecular flexibility index (Phi) is 7.82. The van der Waals surface area contributed by atoms with Gasteiger partial charge in [-0.2, -0.15) is 0 Å². The number of aliphatic imine (C=N–C) groups is 1. The van der Waals surface area contributed by atoms with Gasteiger partial charge in [0.2, 0.25) is 0 Å². The van der Waals surface area contributed by atoms with E-state index in [0.29, 0.717) is 18.4 Å². The molecule has 1 aliphatic heterocycles. The molecule has 1 aromatic heterocycles. The molecule has 1 aliphatic rings. The number of nitrogens with one attached hydrogen (secondary N) is 2. The fourth-order valence-corrected chi connectivity index (χ4v) is 2.72. The largest absolute Gasteiger partial charge is 0.466 e. The smallest absolute Gasteiger partial charge is 0.191 e. The Labute approximate surface area is 155 Å². The van der Waals surface area contributed by atoms with Gasteiger partial charge in [0.05, 0.1) is 13.2 Å². The van der Waals surface area contributed by atoms with Crippen LogP contribution in [0.4, 0.5) is 0 Å². The van der Waals surface area contributed by atoms with Gasteiger partial charge in [-0.1, -0.05) is 0 Å². The van der Waals surface area contributed by atoms with Gasteiger partial charge >= 0.3 is 0 Å². The average Bonchev–Trinajstić information content (AvgIpc) is 3.08. The molecule has 0 aromatic carbocycles. The van der Waals surface area contributed by atoms with Gasteiger partial charge in [0, 0.05) is 31.7 Å². The van der Waals surface area contributed by atoms with Crippen molar-refractivity contribution in [2.24, 2.45) is 10.9 Å². The van der Waals surface area contributed by atoms with Crippen molar-refractivity contribution in [2.75, 3.05) is 33.4 Å². The third kappa shape index (κ3) is 5.65. The zero-order valence-electron chi connectivity index (χ0n) is 14.3. The summed E-state index contributed by atoms with van der Waals surface area (Å²) >= 11 is 0. The molecule has 0 aliphatic carbocycles. The van der Waals surface area contributed by atoms with Crippen molar-refractivity contribution in [1.29, 1.82) is 0 Å². The highest BCUT2D eigenvalue weighted by atomic mass is 127. The molecule has 1 saturated heterocycles. The van der Waals surface area contributed by atoms with Crippen molar-refractivity contribution in [2.45, 2.75) is 32.8 Å². The van der Waals surface area contributed by atoms with Crippen LogP contribution in [-0.4, -0.2) is 44.4 Å². The van der Waals surface area contributed by atoms with E-state index >= 15 is 0 Å². The zero-order valence-corrected chi connectivity index (χ0v) is 16.6. The highest BCUT2D eigenvalue weighted by Gasteiger charge is 2.28. The van der Waals surface area contributed by atoms with E-state index in [2.05, 4.69) is 15.6 Å². The average molecular weight is 437 g/mol. The molecule has 1 aromatic rings. The van der Waals surface area contributed by atoms with E-state index in [0.717, 1.165) is 43.3 Å². The number of hydrogen-bond acceptors (Lipinski definition) is 4. The van der Waals surface area contributed by atoms with E-state index in [1.807, 2.05) is 19.9 Å². The third-order valence-corrected chi connectivity index (χ3v) is 4.03. The molecule has 0 radical (unpaired) electrons. The van der Waals surface area contributed by atoms with Crippen molar-refractivity contribution in [1.82, 2.24) is 10.6 Å². The summed E-state index contributed by atoms with van der Waals surface area (Å²) in [5, 5.41) is 17.1. The van der Waals surface area contributed by atoms with Crippen molar-refractivity contribution in [3.8, 4) is 0 Å². The van der Waals surface area contributed by atoms with Gasteiger partial charge in [-0.3, -0.25) is 4.99 Å². The monoisotopic (exact) mass is 437 g/mol. The summed E-state index contributed by atoms with van der Waals surface area (Å²) in [5.74, 6) is 2.76. The number of aryl methyl sites for hydroxylation is 2. The summed E-state index contributed by atoms with van der Waals surface area (Å²) in [5.41, 5.74) is -0.215. The number of nitrogens with zero attached hydrogens (tertiary/aromatic N) is 1. The van der Waals surface area contributed by atoms with Crippen LogP contribution < -0.4 is 10.6 Å². The van der Waals surface area contributed by atoms with E-state index in [-0.39, 0.29) is 24.0 Å². The van der Waals surface area contributed by atoms with E-state index in [1.54, 1.807) is 14.0 Å². The molecule has 1 fully saturated rings. The molecule has 2 atom stereocenters. The molecule has 132 valence electrons. The Bertz CT molecular complexity index is 523. The van der Waals surface area contributed by atoms with Crippen LogP contribution in [0.3, 0.4) is 0 Å². The molecule has 3 N–H and O–H groups in total. The summed E-state index contributed by atoms with van der Waals surface area (Å²) in [6.07, 6.45) is 1.08. The number of hydrogen-bond donors (Lipinski definition) is 3. The van der Waals surface area contributed by atoms with Crippen LogP contribution in [0.25, 0.3) is 0 Å². The predicted molar refractivity (Wildman–Crippen MR) is 101 cm³/mol. The summed E-state index contributed by atoms with van der Waals surface area (Å²) in [4.78, 5) is 4.19. The molecule has 7 heteroatoms. The normalized spacial score (nSPS) is 20.7. The summed E-state index contributed by atoms with van der Waals surface area (Å²) in [7, 11) is 1.72. The first kappa shape index (κ1) is 20.2. The lowest BCUT2D eigenvalue weighted by Gasteiger charge is -2.25. The van der Waals surface area contributed by atoms with Gasteiger partial charge in [0.15, 0.2) is 5.96 Å². The van der Waals surface area contributed by atoms with Crippen LogP contribution in [0.1, 0.15) is 30.4 Å². The van der Waals surface area contributed by atoms with Crippen LogP contribution in [0.5, 0.6) is 0 Å². The van der Waals surface area contributed by atoms with Crippen LogP contribution in [-0.2, 0) is 10.3 Å². The minimum Gasteiger partial charge on any atom is -0.466 e. The van der Waals surface area contributed by atoms with Crippen molar-refractivity contribution in [3.05, 3.63) is 23.2 Å². The van der Waals surface area contributed by atoms with Gasteiger partial charge < -0.3 is 24.9 Å². The fourth-order valence-electron chi connectivity index (χ4n) is 2.72. The van der Waals surface area contributed by atoms with Gasteiger partial charge in [0.25, 0.3) is 0 Å². The van der Waals surface area contributed by atoms with Crippen LogP contribution >= 0.6 is 24.0 Å². The second-order valence-electron chi connectivity index (χ2n) is 6.14. The topological polar surface area (TPSA) is 79.0 Å². The van der Waals surface area contributed by atoms with Crippen LogP contribution in [0, 0.1) is 19.8 Å². The number of ether oxygens (including phenoxy) is 1. The third-order valence-electron chi connectivity index (χ3n) is 4.03. The quantitative estimate of drug-likeness (QED) is 0.373. The molecular weight excluding hydrogens is 409 g/mol. The van der Waals surface area contributed by atoms with E-state index in [9.17, 15) is 5.11 Å². The molecule has 0 bridgehead atoms. The maximum Gasteiger partial charge on any atom is 0.191 e. The van der Waals surface area contributed by atoms with Gasteiger partial charge in [-0.05, 0) is 33.3 Å². The van der Waals surface area contributed by atoms with Crippen molar-refractivity contribution < 1.29 is 14.3 Å². The molecule has 2 heterocycles. The standard InChI is InChI=1S/C16H27N3O3.HI/c1-11-7-14(12(2)22-11)16(3,20)10-19-15(17-4)18-8-13-5-6-21-9-13;/h7,13,20H,5-6,8-10H2,1-4H3,(H2,17,18,19);1H. The molecular formula is C16H28IN3O3. The molecule has 6 nitrogen and oxygen atoms in total. The Morgan fingerprint density at radius 1 is 1.43 bits per heavy atom.